The summed E-state index contributed by atoms with van der Waals surface area (Å²) in [5, 5.41) is 13.6. The molecule has 0 aliphatic heterocycles. The van der Waals surface area contributed by atoms with Crippen molar-refractivity contribution in [3.63, 3.8) is 0 Å². The standard InChI is InChI=1S/C24H25N3O6S/c1-17-8-11-20(12-9-17)34(30,31)27(21-14-19(32-2)10-13-23(21)33-3)16-24(29)26-25-15-18-6-4-5-7-22(18)28/h4-15,28H,16H2,1-3H3,(H,26,29)/b25-15-. The number of carbonyl (C=O) groups is 1. The number of rotatable bonds is 9. The molecule has 0 heterocycles. The van der Waals surface area contributed by atoms with Crippen LogP contribution in [0.25, 0.3) is 0 Å². The van der Waals surface area contributed by atoms with Gasteiger partial charge >= 0.3 is 0 Å². The maximum absolute atomic E-state index is 13.6. The summed E-state index contributed by atoms with van der Waals surface area (Å²) in [5.74, 6) is -0.0858. The predicted octanol–water partition coefficient (Wildman–Crippen LogP) is 3.06. The van der Waals surface area contributed by atoms with Gasteiger partial charge in [-0.3, -0.25) is 9.10 Å². The molecule has 178 valence electrons. The van der Waals surface area contributed by atoms with E-state index in [0.717, 1.165) is 9.87 Å². The van der Waals surface area contributed by atoms with Gasteiger partial charge in [0.1, 0.15) is 23.8 Å². The van der Waals surface area contributed by atoms with Crippen LogP contribution in [-0.4, -0.2) is 46.4 Å². The molecular formula is C24H25N3O6S. The third kappa shape index (κ3) is 5.65. The third-order valence-corrected chi connectivity index (χ3v) is 6.65. The second kappa shape index (κ2) is 10.7. The van der Waals surface area contributed by atoms with E-state index in [0.29, 0.717) is 11.3 Å². The van der Waals surface area contributed by atoms with Crippen LogP contribution in [0, 0.1) is 6.92 Å². The first-order valence-electron chi connectivity index (χ1n) is 10.2. The number of nitrogens with one attached hydrogen (secondary N) is 1. The van der Waals surface area contributed by atoms with Gasteiger partial charge < -0.3 is 14.6 Å². The molecule has 0 aromatic heterocycles. The molecule has 0 spiro atoms. The maximum atomic E-state index is 13.6. The van der Waals surface area contributed by atoms with Gasteiger partial charge in [-0.05, 0) is 43.3 Å². The van der Waals surface area contributed by atoms with Crippen LogP contribution < -0.4 is 19.2 Å². The van der Waals surface area contributed by atoms with E-state index < -0.39 is 22.5 Å². The second-order valence-corrected chi connectivity index (χ2v) is 9.08. The summed E-state index contributed by atoms with van der Waals surface area (Å²) in [6.45, 7) is 1.26. The lowest BCUT2D eigenvalue weighted by Gasteiger charge is -2.25. The van der Waals surface area contributed by atoms with E-state index in [1.54, 1.807) is 42.5 Å². The van der Waals surface area contributed by atoms with Crippen LogP contribution in [-0.2, 0) is 14.8 Å². The number of hydrazone groups is 1. The Labute approximate surface area is 198 Å². The quantitative estimate of drug-likeness (QED) is 0.357. The van der Waals surface area contributed by atoms with Crippen LogP contribution in [0.2, 0.25) is 0 Å². The van der Waals surface area contributed by atoms with Gasteiger partial charge in [-0.15, -0.1) is 0 Å². The highest BCUT2D eigenvalue weighted by molar-refractivity contribution is 7.92. The van der Waals surface area contributed by atoms with Crippen molar-refractivity contribution in [1.82, 2.24) is 5.43 Å². The molecule has 0 aliphatic carbocycles. The van der Waals surface area contributed by atoms with Gasteiger partial charge in [0, 0.05) is 11.6 Å². The number of benzene rings is 3. The van der Waals surface area contributed by atoms with Crippen LogP contribution in [0.1, 0.15) is 11.1 Å². The predicted molar refractivity (Wildman–Crippen MR) is 129 cm³/mol. The first-order chi connectivity index (χ1) is 16.3. The molecule has 0 unspecified atom stereocenters. The van der Waals surface area contributed by atoms with Gasteiger partial charge in [-0.25, -0.2) is 13.8 Å². The van der Waals surface area contributed by atoms with E-state index in [1.165, 1.54) is 44.7 Å². The van der Waals surface area contributed by atoms with E-state index >= 15 is 0 Å². The number of anilines is 1. The number of phenolic OH excluding ortho intramolecular Hbond substituents is 1. The van der Waals surface area contributed by atoms with E-state index in [1.807, 2.05) is 6.92 Å². The average molecular weight is 484 g/mol. The van der Waals surface area contributed by atoms with E-state index in [2.05, 4.69) is 10.5 Å². The lowest BCUT2D eigenvalue weighted by molar-refractivity contribution is -0.119. The summed E-state index contributed by atoms with van der Waals surface area (Å²) in [4.78, 5) is 12.7. The number of para-hydroxylation sites is 1. The number of carbonyl (C=O) groups excluding carboxylic acids is 1. The fraction of sp³-hybridized carbons (Fsp3) is 0.167. The molecule has 9 nitrogen and oxygen atoms in total. The Morgan fingerprint density at radius 3 is 2.41 bits per heavy atom. The number of methoxy groups -OCH3 is 2. The van der Waals surface area contributed by atoms with Crippen LogP contribution in [0.5, 0.6) is 17.2 Å². The molecule has 0 saturated carbocycles. The number of hydrogen-bond acceptors (Lipinski definition) is 7. The Morgan fingerprint density at radius 1 is 1.06 bits per heavy atom. The summed E-state index contributed by atoms with van der Waals surface area (Å²) < 4.78 is 38.7. The Morgan fingerprint density at radius 2 is 1.76 bits per heavy atom. The van der Waals surface area contributed by atoms with Crippen molar-refractivity contribution in [3.8, 4) is 17.2 Å². The molecule has 0 radical (unpaired) electrons. The molecule has 10 heteroatoms. The third-order valence-electron chi connectivity index (χ3n) is 4.88. The lowest BCUT2D eigenvalue weighted by atomic mass is 10.2. The number of phenols is 1. The number of nitrogens with zero attached hydrogens (tertiary/aromatic N) is 2. The van der Waals surface area contributed by atoms with Crippen LogP contribution in [0.3, 0.4) is 0 Å². The molecule has 2 N–H and O–H groups in total. The van der Waals surface area contributed by atoms with Crippen molar-refractivity contribution in [2.75, 3.05) is 25.1 Å². The van der Waals surface area contributed by atoms with Gasteiger partial charge in [0.25, 0.3) is 15.9 Å². The molecule has 0 fully saturated rings. The summed E-state index contributed by atoms with van der Waals surface area (Å²) in [7, 11) is -1.31. The fourth-order valence-electron chi connectivity index (χ4n) is 3.07. The first-order valence-corrected chi connectivity index (χ1v) is 11.6. The zero-order chi connectivity index (χ0) is 24.7. The summed E-state index contributed by atoms with van der Waals surface area (Å²) in [6.07, 6.45) is 1.26. The van der Waals surface area contributed by atoms with Crippen LogP contribution in [0.15, 0.2) is 76.7 Å². The highest BCUT2D eigenvalue weighted by Crippen LogP contribution is 2.35. The van der Waals surface area contributed by atoms with Crippen molar-refractivity contribution < 1.29 is 27.8 Å². The molecule has 3 aromatic rings. The molecule has 0 aliphatic rings. The Bertz CT molecular complexity index is 1290. The SMILES string of the molecule is COc1ccc(OC)c(N(CC(=O)N/N=C\c2ccccc2O)S(=O)(=O)c2ccc(C)cc2)c1. The number of aromatic hydroxyl groups is 1. The maximum Gasteiger partial charge on any atom is 0.264 e. The van der Waals surface area contributed by atoms with E-state index in [9.17, 15) is 18.3 Å². The van der Waals surface area contributed by atoms with Crippen molar-refractivity contribution in [2.45, 2.75) is 11.8 Å². The number of aryl methyl sites for hydroxylation is 1. The number of ether oxygens (including phenoxy) is 2. The summed E-state index contributed by atoms with van der Waals surface area (Å²) >= 11 is 0. The molecule has 3 aromatic carbocycles. The molecule has 0 bridgehead atoms. The van der Waals surface area contributed by atoms with Crippen LogP contribution in [0.4, 0.5) is 5.69 Å². The van der Waals surface area contributed by atoms with Gasteiger partial charge in [-0.2, -0.15) is 5.10 Å². The Hall–Kier alpha value is -4.05. The monoisotopic (exact) mass is 483 g/mol. The minimum absolute atomic E-state index is 0.00785. The van der Waals surface area contributed by atoms with E-state index in [4.69, 9.17) is 9.47 Å². The minimum Gasteiger partial charge on any atom is -0.507 e. The summed E-state index contributed by atoms with van der Waals surface area (Å²) in [6, 6.07) is 17.4. The molecule has 0 atom stereocenters. The average Bonchev–Trinajstić information content (AvgIpc) is 2.83. The fourth-order valence-corrected chi connectivity index (χ4v) is 4.49. The second-order valence-electron chi connectivity index (χ2n) is 7.21. The summed E-state index contributed by atoms with van der Waals surface area (Å²) in [5.41, 5.74) is 3.71. The highest BCUT2D eigenvalue weighted by atomic mass is 32.2. The number of hydrogen-bond donors (Lipinski definition) is 2. The normalized spacial score (nSPS) is 11.3. The van der Waals surface area contributed by atoms with E-state index in [-0.39, 0.29) is 22.1 Å². The van der Waals surface area contributed by atoms with Gasteiger partial charge in [0.05, 0.1) is 31.0 Å². The van der Waals surface area contributed by atoms with Gasteiger partial charge in [0.2, 0.25) is 0 Å². The number of sulfonamides is 1. The Kier molecular flexibility index (Phi) is 7.75. The smallest absolute Gasteiger partial charge is 0.264 e. The number of amides is 1. The van der Waals surface area contributed by atoms with Crippen molar-refractivity contribution in [3.05, 3.63) is 77.9 Å². The first kappa shape index (κ1) is 24.6. The van der Waals surface area contributed by atoms with Crippen molar-refractivity contribution in [1.29, 1.82) is 0 Å². The highest BCUT2D eigenvalue weighted by Gasteiger charge is 2.30. The zero-order valence-electron chi connectivity index (χ0n) is 18.9. The topological polar surface area (TPSA) is 118 Å². The molecular weight excluding hydrogens is 458 g/mol. The van der Waals surface area contributed by atoms with Crippen LogP contribution >= 0.6 is 0 Å². The minimum atomic E-state index is -4.16. The van der Waals surface area contributed by atoms with Crippen molar-refractivity contribution >= 4 is 27.8 Å². The molecule has 3 rings (SSSR count). The molecule has 1 amide bonds. The Balaban J connectivity index is 1.96. The molecule has 0 saturated heterocycles. The largest absolute Gasteiger partial charge is 0.507 e. The lowest BCUT2D eigenvalue weighted by Crippen LogP contribution is -2.39. The van der Waals surface area contributed by atoms with Gasteiger partial charge in [0.15, 0.2) is 0 Å². The molecule has 34 heavy (non-hydrogen) atoms. The zero-order valence-corrected chi connectivity index (χ0v) is 19.7. The van der Waals surface area contributed by atoms with Crippen molar-refractivity contribution in [2.24, 2.45) is 5.10 Å². The van der Waals surface area contributed by atoms with Gasteiger partial charge in [-0.1, -0.05) is 29.8 Å².